The molecule has 4 nitrogen and oxygen atoms in total. The molecule has 2 atom stereocenters. The molecule has 1 aromatic carbocycles. The van der Waals surface area contributed by atoms with Gasteiger partial charge in [0.1, 0.15) is 0 Å². The molecule has 0 bridgehead atoms. The van der Waals surface area contributed by atoms with E-state index in [1.165, 1.54) is 16.0 Å². The second-order valence-electron chi connectivity index (χ2n) is 6.25. The van der Waals surface area contributed by atoms with Gasteiger partial charge < -0.3 is 4.90 Å². The van der Waals surface area contributed by atoms with Crippen molar-refractivity contribution in [1.82, 2.24) is 15.8 Å². The number of hydrogen-bond donors (Lipinski definition) is 2. The normalized spacial score (nSPS) is 24.0. The molecule has 4 rings (SSSR count). The van der Waals surface area contributed by atoms with Crippen LogP contribution in [0.4, 0.5) is 0 Å². The Kier molecular flexibility index (Phi) is 4.47. The van der Waals surface area contributed by atoms with E-state index < -0.39 is 0 Å². The van der Waals surface area contributed by atoms with Gasteiger partial charge in [0, 0.05) is 24.5 Å². The summed E-state index contributed by atoms with van der Waals surface area (Å²) in [6.45, 7) is 2.19. The number of benzene rings is 1. The molecular formula is C19H21N3OS. The topological polar surface area (TPSA) is 44.4 Å². The number of hydrogen-bond acceptors (Lipinski definition) is 4. The van der Waals surface area contributed by atoms with Gasteiger partial charge in [-0.05, 0) is 29.0 Å². The maximum atomic E-state index is 13.0. The van der Waals surface area contributed by atoms with Crippen LogP contribution >= 0.6 is 11.3 Å². The van der Waals surface area contributed by atoms with Crippen molar-refractivity contribution < 1.29 is 4.79 Å². The van der Waals surface area contributed by atoms with Gasteiger partial charge in [0.25, 0.3) is 0 Å². The summed E-state index contributed by atoms with van der Waals surface area (Å²) in [5, 5.41) is 2.06. The Balaban J connectivity index is 1.45. The summed E-state index contributed by atoms with van der Waals surface area (Å²) in [6, 6.07) is 14.7. The first-order chi connectivity index (χ1) is 11.8. The Morgan fingerprint density at radius 2 is 2.04 bits per heavy atom. The number of amides is 1. The minimum absolute atomic E-state index is 0.0321. The van der Waals surface area contributed by atoms with E-state index in [2.05, 4.69) is 52.6 Å². The SMILES string of the molecule is O=C(C1CNNC1c1cccs1)N1CC=C(c2ccccc2)CC1. The number of nitrogens with one attached hydrogen (secondary N) is 2. The minimum Gasteiger partial charge on any atom is -0.338 e. The highest BCUT2D eigenvalue weighted by Gasteiger charge is 2.37. The Hall–Kier alpha value is -1.95. The molecule has 2 aromatic rings. The second kappa shape index (κ2) is 6.89. The van der Waals surface area contributed by atoms with Gasteiger partial charge in [-0.2, -0.15) is 0 Å². The zero-order valence-electron chi connectivity index (χ0n) is 13.4. The van der Waals surface area contributed by atoms with Crippen LogP contribution in [-0.2, 0) is 4.79 Å². The lowest BCUT2D eigenvalue weighted by molar-refractivity contribution is -0.135. The molecule has 24 heavy (non-hydrogen) atoms. The number of thiophene rings is 1. The molecule has 5 heteroatoms. The predicted octanol–water partition coefficient (Wildman–Crippen LogP) is 2.83. The van der Waals surface area contributed by atoms with Crippen LogP contribution in [0.5, 0.6) is 0 Å². The molecule has 3 heterocycles. The Morgan fingerprint density at radius 1 is 1.17 bits per heavy atom. The van der Waals surface area contributed by atoms with Crippen molar-refractivity contribution >= 4 is 22.8 Å². The minimum atomic E-state index is -0.0321. The molecule has 2 unspecified atom stereocenters. The Morgan fingerprint density at radius 3 is 2.75 bits per heavy atom. The van der Waals surface area contributed by atoms with E-state index in [1.807, 2.05) is 17.0 Å². The van der Waals surface area contributed by atoms with E-state index in [-0.39, 0.29) is 17.9 Å². The molecule has 2 aliphatic rings. The van der Waals surface area contributed by atoms with Gasteiger partial charge in [0.05, 0.1) is 12.0 Å². The van der Waals surface area contributed by atoms with Crippen LogP contribution in [0, 0.1) is 5.92 Å². The molecule has 1 aromatic heterocycles. The maximum absolute atomic E-state index is 13.0. The third-order valence-electron chi connectivity index (χ3n) is 4.81. The molecule has 1 saturated heterocycles. The molecule has 1 amide bonds. The first kappa shape index (κ1) is 15.6. The maximum Gasteiger partial charge on any atom is 0.229 e. The number of nitrogens with zero attached hydrogens (tertiary/aromatic N) is 1. The van der Waals surface area contributed by atoms with Gasteiger partial charge in [-0.1, -0.05) is 42.5 Å². The molecule has 0 aliphatic carbocycles. The fourth-order valence-electron chi connectivity index (χ4n) is 3.48. The van der Waals surface area contributed by atoms with E-state index in [4.69, 9.17) is 0 Å². The number of carbonyl (C=O) groups excluding carboxylic acids is 1. The first-order valence-electron chi connectivity index (χ1n) is 8.38. The highest BCUT2D eigenvalue weighted by Crippen LogP contribution is 2.31. The largest absolute Gasteiger partial charge is 0.338 e. The summed E-state index contributed by atoms with van der Waals surface area (Å²) in [7, 11) is 0. The van der Waals surface area contributed by atoms with Crippen LogP contribution in [-0.4, -0.2) is 30.4 Å². The van der Waals surface area contributed by atoms with Crippen LogP contribution in [0.3, 0.4) is 0 Å². The van der Waals surface area contributed by atoms with E-state index in [9.17, 15) is 4.79 Å². The molecule has 0 spiro atoms. The third-order valence-corrected chi connectivity index (χ3v) is 5.77. The van der Waals surface area contributed by atoms with Gasteiger partial charge in [0.15, 0.2) is 0 Å². The number of hydrazine groups is 1. The van der Waals surface area contributed by atoms with Gasteiger partial charge in [-0.15, -0.1) is 11.3 Å². The standard InChI is InChI=1S/C19H21N3OS/c23-19(16-13-20-21-18(16)17-7-4-12-24-17)22-10-8-15(9-11-22)14-5-2-1-3-6-14/h1-8,12,16,18,20-21H,9-11,13H2. The van der Waals surface area contributed by atoms with Gasteiger partial charge in [-0.3, -0.25) is 10.2 Å². The smallest absolute Gasteiger partial charge is 0.229 e. The zero-order valence-corrected chi connectivity index (χ0v) is 14.3. The highest BCUT2D eigenvalue weighted by molar-refractivity contribution is 7.10. The summed E-state index contributed by atoms with van der Waals surface area (Å²) in [5.74, 6) is 0.213. The predicted molar refractivity (Wildman–Crippen MR) is 97.3 cm³/mol. The zero-order chi connectivity index (χ0) is 16.4. The van der Waals surface area contributed by atoms with E-state index in [0.717, 1.165) is 13.0 Å². The van der Waals surface area contributed by atoms with Gasteiger partial charge in [0.2, 0.25) is 5.91 Å². The number of rotatable bonds is 3. The van der Waals surface area contributed by atoms with Crippen molar-refractivity contribution in [2.45, 2.75) is 12.5 Å². The highest BCUT2D eigenvalue weighted by atomic mass is 32.1. The molecule has 124 valence electrons. The van der Waals surface area contributed by atoms with Crippen molar-refractivity contribution in [2.24, 2.45) is 5.92 Å². The Bertz CT molecular complexity index is 726. The lowest BCUT2D eigenvalue weighted by Gasteiger charge is -2.30. The molecular weight excluding hydrogens is 318 g/mol. The van der Waals surface area contributed by atoms with Crippen molar-refractivity contribution in [1.29, 1.82) is 0 Å². The average molecular weight is 339 g/mol. The summed E-state index contributed by atoms with van der Waals surface area (Å²) >= 11 is 1.70. The van der Waals surface area contributed by atoms with Crippen molar-refractivity contribution in [2.75, 3.05) is 19.6 Å². The van der Waals surface area contributed by atoms with E-state index in [1.54, 1.807) is 11.3 Å². The lowest BCUT2D eigenvalue weighted by Crippen LogP contribution is -2.41. The Labute approximate surface area is 146 Å². The molecule has 0 radical (unpaired) electrons. The van der Waals surface area contributed by atoms with Gasteiger partial charge >= 0.3 is 0 Å². The fourth-order valence-corrected chi connectivity index (χ4v) is 4.32. The summed E-state index contributed by atoms with van der Waals surface area (Å²) in [6.07, 6.45) is 3.12. The molecule has 2 aliphatic heterocycles. The second-order valence-corrected chi connectivity index (χ2v) is 7.23. The van der Waals surface area contributed by atoms with Crippen LogP contribution in [0.1, 0.15) is 22.9 Å². The summed E-state index contributed by atoms with van der Waals surface area (Å²) in [5.41, 5.74) is 9.03. The fraction of sp³-hybridized carbons (Fsp3) is 0.316. The van der Waals surface area contributed by atoms with Gasteiger partial charge in [-0.25, -0.2) is 5.43 Å². The quantitative estimate of drug-likeness (QED) is 0.904. The first-order valence-corrected chi connectivity index (χ1v) is 9.26. The summed E-state index contributed by atoms with van der Waals surface area (Å²) < 4.78 is 0. The average Bonchev–Trinajstić information content (AvgIpc) is 3.33. The lowest BCUT2D eigenvalue weighted by atomic mass is 9.96. The van der Waals surface area contributed by atoms with Crippen molar-refractivity contribution in [3.63, 3.8) is 0 Å². The summed E-state index contributed by atoms with van der Waals surface area (Å²) in [4.78, 5) is 16.2. The van der Waals surface area contributed by atoms with E-state index >= 15 is 0 Å². The van der Waals surface area contributed by atoms with Crippen LogP contribution < -0.4 is 10.9 Å². The van der Waals surface area contributed by atoms with Crippen molar-refractivity contribution in [3.05, 3.63) is 64.4 Å². The van der Waals surface area contributed by atoms with Crippen LogP contribution in [0.25, 0.3) is 5.57 Å². The van der Waals surface area contributed by atoms with E-state index in [0.29, 0.717) is 13.1 Å². The monoisotopic (exact) mass is 339 g/mol. The third kappa shape index (κ3) is 3.02. The van der Waals surface area contributed by atoms with Crippen LogP contribution in [0.15, 0.2) is 53.9 Å². The van der Waals surface area contributed by atoms with Crippen molar-refractivity contribution in [3.8, 4) is 0 Å². The number of carbonyl (C=O) groups is 1. The van der Waals surface area contributed by atoms with Crippen LogP contribution in [0.2, 0.25) is 0 Å². The molecule has 2 N–H and O–H groups in total. The molecule has 1 fully saturated rings. The molecule has 0 saturated carbocycles.